The second kappa shape index (κ2) is 6.24. The molecule has 0 bridgehead atoms. The maximum absolute atomic E-state index is 12.7. The van der Waals surface area contributed by atoms with E-state index in [0.29, 0.717) is 6.54 Å². The third kappa shape index (κ3) is 3.23. The minimum atomic E-state index is -0.446. The summed E-state index contributed by atoms with van der Waals surface area (Å²) in [6, 6.07) is 1.13. The lowest BCUT2D eigenvalue weighted by Crippen LogP contribution is -2.63. The molecule has 3 atom stereocenters. The number of nitrogens with zero attached hydrogens (tertiary/aromatic N) is 2. The fraction of sp³-hybridized carbons (Fsp3) is 0.562. The molecule has 5 heteroatoms. The predicted molar refractivity (Wildman–Crippen MR) is 80.4 cm³/mol. The van der Waals surface area contributed by atoms with Crippen LogP contribution in [0.4, 0.5) is 0 Å². The standard InChI is InChI=1S/C16H23N3O2/c1-5-11(3)14-16(21)19(12(4)15(20)18-14)9-13-6-10(2)7-17-8-13/h6-8,11-12,14H,5,9H2,1-4H3,(H,18,20). The molecule has 1 aromatic rings. The van der Waals surface area contributed by atoms with Crippen molar-refractivity contribution in [3.05, 3.63) is 29.6 Å². The quantitative estimate of drug-likeness (QED) is 0.917. The summed E-state index contributed by atoms with van der Waals surface area (Å²) in [7, 11) is 0. The molecule has 3 unspecified atom stereocenters. The topological polar surface area (TPSA) is 62.3 Å². The summed E-state index contributed by atoms with van der Waals surface area (Å²) >= 11 is 0. The molecule has 1 fully saturated rings. The SMILES string of the molecule is CCC(C)C1NC(=O)C(C)N(Cc2cncc(C)c2)C1=O. The Morgan fingerprint density at radius 2 is 2.10 bits per heavy atom. The zero-order valence-electron chi connectivity index (χ0n) is 13.1. The average Bonchev–Trinajstić information content (AvgIpc) is 2.46. The van der Waals surface area contributed by atoms with Crippen molar-refractivity contribution >= 4 is 11.8 Å². The second-order valence-electron chi connectivity index (χ2n) is 5.88. The summed E-state index contributed by atoms with van der Waals surface area (Å²) in [6.45, 7) is 8.17. The van der Waals surface area contributed by atoms with Gasteiger partial charge in [-0.25, -0.2) is 0 Å². The van der Waals surface area contributed by atoms with Crippen LogP contribution in [0.1, 0.15) is 38.3 Å². The molecule has 2 rings (SSSR count). The highest BCUT2D eigenvalue weighted by atomic mass is 16.2. The van der Waals surface area contributed by atoms with Crippen molar-refractivity contribution in [2.75, 3.05) is 0 Å². The van der Waals surface area contributed by atoms with Gasteiger partial charge in [-0.1, -0.05) is 26.3 Å². The first kappa shape index (κ1) is 15.5. The molecule has 2 heterocycles. The van der Waals surface area contributed by atoms with Gasteiger partial charge in [-0.2, -0.15) is 0 Å². The van der Waals surface area contributed by atoms with Crippen molar-refractivity contribution < 1.29 is 9.59 Å². The van der Waals surface area contributed by atoms with Crippen LogP contribution in [0.15, 0.2) is 18.5 Å². The van der Waals surface area contributed by atoms with Crippen LogP contribution >= 0.6 is 0 Å². The van der Waals surface area contributed by atoms with E-state index in [1.54, 1.807) is 24.2 Å². The highest BCUT2D eigenvalue weighted by Crippen LogP contribution is 2.20. The number of hydrogen-bond donors (Lipinski definition) is 1. The van der Waals surface area contributed by atoms with Gasteiger partial charge in [0.2, 0.25) is 11.8 Å². The van der Waals surface area contributed by atoms with E-state index in [0.717, 1.165) is 17.5 Å². The molecule has 114 valence electrons. The molecule has 0 saturated carbocycles. The van der Waals surface area contributed by atoms with Gasteiger partial charge in [0.15, 0.2) is 0 Å². The second-order valence-corrected chi connectivity index (χ2v) is 5.88. The summed E-state index contributed by atoms with van der Waals surface area (Å²) in [5.41, 5.74) is 2.00. The summed E-state index contributed by atoms with van der Waals surface area (Å²) < 4.78 is 0. The molecule has 1 aliphatic heterocycles. The molecule has 1 N–H and O–H groups in total. The Morgan fingerprint density at radius 1 is 1.38 bits per heavy atom. The van der Waals surface area contributed by atoms with Crippen molar-refractivity contribution in [1.29, 1.82) is 0 Å². The maximum Gasteiger partial charge on any atom is 0.246 e. The van der Waals surface area contributed by atoms with Crippen LogP contribution in [-0.2, 0) is 16.1 Å². The Labute approximate surface area is 125 Å². The first-order valence-electron chi connectivity index (χ1n) is 7.45. The smallest absolute Gasteiger partial charge is 0.246 e. The molecule has 1 aromatic heterocycles. The van der Waals surface area contributed by atoms with Crippen molar-refractivity contribution in [2.45, 2.75) is 52.7 Å². The van der Waals surface area contributed by atoms with E-state index in [-0.39, 0.29) is 17.7 Å². The molecular weight excluding hydrogens is 266 g/mol. The maximum atomic E-state index is 12.7. The first-order valence-corrected chi connectivity index (χ1v) is 7.45. The largest absolute Gasteiger partial charge is 0.342 e. The number of rotatable bonds is 4. The fourth-order valence-electron chi connectivity index (χ4n) is 2.58. The summed E-state index contributed by atoms with van der Waals surface area (Å²) in [6.07, 6.45) is 4.38. The summed E-state index contributed by atoms with van der Waals surface area (Å²) in [4.78, 5) is 30.6. The number of aromatic nitrogens is 1. The van der Waals surface area contributed by atoms with E-state index in [4.69, 9.17) is 0 Å². The van der Waals surface area contributed by atoms with Gasteiger partial charge in [0.25, 0.3) is 0 Å². The van der Waals surface area contributed by atoms with Gasteiger partial charge in [0.05, 0.1) is 0 Å². The number of amides is 2. The van der Waals surface area contributed by atoms with E-state index >= 15 is 0 Å². The lowest BCUT2D eigenvalue weighted by atomic mass is 9.94. The van der Waals surface area contributed by atoms with E-state index in [2.05, 4.69) is 10.3 Å². The van der Waals surface area contributed by atoms with Gasteiger partial charge >= 0.3 is 0 Å². The molecule has 0 spiro atoms. The van der Waals surface area contributed by atoms with Gasteiger partial charge in [0.1, 0.15) is 12.1 Å². The van der Waals surface area contributed by atoms with Crippen molar-refractivity contribution in [1.82, 2.24) is 15.2 Å². The van der Waals surface area contributed by atoms with E-state index in [1.165, 1.54) is 0 Å². The zero-order valence-corrected chi connectivity index (χ0v) is 13.1. The number of carbonyl (C=O) groups excluding carboxylic acids is 2. The molecule has 0 radical (unpaired) electrons. The number of pyridine rings is 1. The van der Waals surface area contributed by atoms with Crippen LogP contribution in [0.2, 0.25) is 0 Å². The molecular formula is C16H23N3O2. The van der Waals surface area contributed by atoms with Gasteiger partial charge < -0.3 is 10.2 Å². The van der Waals surface area contributed by atoms with E-state index in [1.807, 2.05) is 26.8 Å². The molecule has 0 aliphatic carbocycles. The highest BCUT2D eigenvalue weighted by molar-refractivity contribution is 5.96. The number of carbonyl (C=O) groups is 2. The third-order valence-corrected chi connectivity index (χ3v) is 4.19. The Hall–Kier alpha value is -1.91. The zero-order chi connectivity index (χ0) is 15.6. The van der Waals surface area contributed by atoms with Crippen molar-refractivity contribution in [2.24, 2.45) is 5.92 Å². The normalized spacial score (nSPS) is 23.9. The van der Waals surface area contributed by atoms with Crippen LogP contribution in [0.3, 0.4) is 0 Å². The molecule has 5 nitrogen and oxygen atoms in total. The fourth-order valence-corrected chi connectivity index (χ4v) is 2.58. The third-order valence-electron chi connectivity index (χ3n) is 4.19. The Balaban J connectivity index is 2.22. The van der Waals surface area contributed by atoms with Crippen LogP contribution in [0.25, 0.3) is 0 Å². The molecule has 1 saturated heterocycles. The van der Waals surface area contributed by atoms with E-state index in [9.17, 15) is 9.59 Å². The Morgan fingerprint density at radius 3 is 2.71 bits per heavy atom. The van der Waals surface area contributed by atoms with Crippen LogP contribution in [0.5, 0.6) is 0 Å². The lowest BCUT2D eigenvalue weighted by molar-refractivity contribution is -0.150. The minimum absolute atomic E-state index is 0.00189. The molecule has 1 aliphatic rings. The lowest BCUT2D eigenvalue weighted by Gasteiger charge is -2.39. The Kier molecular flexibility index (Phi) is 4.60. The van der Waals surface area contributed by atoms with Gasteiger partial charge in [-0.15, -0.1) is 0 Å². The van der Waals surface area contributed by atoms with Crippen molar-refractivity contribution in [3.63, 3.8) is 0 Å². The van der Waals surface area contributed by atoms with Crippen LogP contribution in [0, 0.1) is 12.8 Å². The molecule has 21 heavy (non-hydrogen) atoms. The molecule has 0 aromatic carbocycles. The minimum Gasteiger partial charge on any atom is -0.342 e. The van der Waals surface area contributed by atoms with Crippen molar-refractivity contribution in [3.8, 4) is 0 Å². The van der Waals surface area contributed by atoms with Crippen LogP contribution in [-0.4, -0.2) is 33.8 Å². The first-order chi connectivity index (χ1) is 9.93. The van der Waals surface area contributed by atoms with Gasteiger partial charge in [-0.05, 0) is 30.9 Å². The average molecular weight is 289 g/mol. The number of hydrogen-bond acceptors (Lipinski definition) is 3. The van der Waals surface area contributed by atoms with E-state index < -0.39 is 12.1 Å². The Bertz CT molecular complexity index is 544. The molecule has 2 amide bonds. The predicted octanol–water partition coefficient (Wildman–Crippen LogP) is 1.65. The highest BCUT2D eigenvalue weighted by Gasteiger charge is 2.39. The summed E-state index contributed by atoms with van der Waals surface area (Å²) in [5.74, 6) is 0.0468. The number of piperazine rings is 1. The van der Waals surface area contributed by atoms with Crippen LogP contribution < -0.4 is 5.32 Å². The monoisotopic (exact) mass is 289 g/mol. The number of nitrogens with one attached hydrogen (secondary N) is 1. The summed E-state index contributed by atoms with van der Waals surface area (Å²) in [5, 5.41) is 2.85. The number of aryl methyl sites for hydroxylation is 1. The van der Waals surface area contributed by atoms with Gasteiger partial charge in [-0.3, -0.25) is 14.6 Å². The van der Waals surface area contributed by atoms with Gasteiger partial charge in [0, 0.05) is 18.9 Å².